The third-order valence-electron chi connectivity index (χ3n) is 4.15. The number of para-hydroxylation sites is 1. The van der Waals surface area contributed by atoms with Gasteiger partial charge in [-0.25, -0.2) is 0 Å². The molecule has 3 aromatic rings. The molecule has 2 aromatic carbocycles. The highest BCUT2D eigenvalue weighted by molar-refractivity contribution is 6.30. The summed E-state index contributed by atoms with van der Waals surface area (Å²) in [6.45, 7) is 1.30. The van der Waals surface area contributed by atoms with Gasteiger partial charge in [0.15, 0.2) is 0 Å². The Kier molecular flexibility index (Phi) is 5.41. The molecular weight excluding hydrogens is 324 g/mol. The third kappa shape index (κ3) is 3.90. The molecule has 126 valence electrons. The van der Waals surface area contributed by atoms with Crippen molar-refractivity contribution in [3.05, 3.63) is 64.8 Å². The van der Waals surface area contributed by atoms with Gasteiger partial charge in [0.2, 0.25) is 0 Å². The van der Waals surface area contributed by atoms with Gasteiger partial charge in [0.1, 0.15) is 5.75 Å². The van der Waals surface area contributed by atoms with E-state index in [2.05, 4.69) is 10.3 Å². The fourth-order valence-electron chi connectivity index (χ4n) is 2.88. The number of phenolic OH excluding ortho intramolecular Hbond substituents is 1. The summed E-state index contributed by atoms with van der Waals surface area (Å²) in [5.41, 5.74) is 2.80. The molecule has 0 bridgehead atoms. The highest BCUT2D eigenvalue weighted by Crippen LogP contribution is 2.26. The Morgan fingerprint density at radius 2 is 2.00 bits per heavy atom. The molecule has 0 amide bonds. The predicted molar refractivity (Wildman–Crippen MR) is 97.6 cm³/mol. The summed E-state index contributed by atoms with van der Waals surface area (Å²) in [5, 5.41) is 24.9. The van der Waals surface area contributed by atoms with Gasteiger partial charge >= 0.3 is 0 Å². The van der Waals surface area contributed by atoms with Crippen molar-refractivity contribution in [2.45, 2.75) is 18.9 Å². The van der Waals surface area contributed by atoms with E-state index in [0.717, 1.165) is 35.9 Å². The highest BCUT2D eigenvalue weighted by atomic mass is 35.5. The van der Waals surface area contributed by atoms with Crippen LogP contribution < -0.4 is 5.32 Å². The van der Waals surface area contributed by atoms with Crippen molar-refractivity contribution in [3.63, 3.8) is 0 Å². The van der Waals surface area contributed by atoms with Crippen molar-refractivity contribution in [3.8, 4) is 5.75 Å². The molecule has 1 aromatic heterocycles. The number of rotatable bonds is 7. The number of phenols is 1. The smallest absolute Gasteiger partial charge is 0.139 e. The van der Waals surface area contributed by atoms with E-state index in [1.807, 2.05) is 30.5 Å². The topological polar surface area (TPSA) is 68.3 Å². The maximum absolute atomic E-state index is 10.1. The third-order valence-corrected chi connectivity index (χ3v) is 4.39. The first-order valence-corrected chi connectivity index (χ1v) is 8.45. The van der Waals surface area contributed by atoms with Crippen LogP contribution in [0.1, 0.15) is 23.7 Å². The van der Waals surface area contributed by atoms with E-state index in [1.165, 1.54) is 5.56 Å². The molecule has 5 heteroatoms. The first-order valence-electron chi connectivity index (χ1n) is 8.07. The minimum atomic E-state index is -0.561. The number of hydrogen-bond acceptors (Lipinski definition) is 3. The molecule has 0 saturated carbocycles. The summed E-state index contributed by atoms with van der Waals surface area (Å²) in [5.74, 6) is 0.279. The lowest BCUT2D eigenvalue weighted by atomic mass is 10.1. The van der Waals surface area contributed by atoms with Crippen LogP contribution in [-0.2, 0) is 6.42 Å². The van der Waals surface area contributed by atoms with Crippen LogP contribution in [0, 0.1) is 0 Å². The Labute approximate surface area is 146 Å². The maximum Gasteiger partial charge on any atom is 0.139 e. The van der Waals surface area contributed by atoms with E-state index in [4.69, 9.17) is 11.6 Å². The molecule has 0 aliphatic carbocycles. The predicted octanol–water partition coefficient (Wildman–Crippen LogP) is 3.78. The lowest BCUT2D eigenvalue weighted by Crippen LogP contribution is -2.22. The summed E-state index contributed by atoms with van der Waals surface area (Å²) in [4.78, 5) is 3.12. The summed E-state index contributed by atoms with van der Waals surface area (Å²) < 4.78 is 0. The molecule has 0 aliphatic rings. The van der Waals surface area contributed by atoms with Crippen molar-refractivity contribution in [2.24, 2.45) is 0 Å². The molecule has 1 atom stereocenters. The van der Waals surface area contributed by atoms with E-state index in [9.17, 15) is 10.2 Å². The Bertz CT molecular complexity index is 816. The number of aliphatic hydroxyl groups excluding tert-OH is 1. The minimum absolute atomic E-state index is 0.279. The lowest BCUT2D eigenvalue weighted by Gasteiger charge is -2.12. The highest BCUT2D eigenvalue weighted by Gasteiger charge is 2.08. The van der Waals surface area contributed by atoms with E-state index >= 15 is 0 Å². The molecule has 24 heavy (non-hydrogen) atoms. The molecule has 1 heterocycles. The van der Waals surface area contributed by atoms with E-state index < -0.39 is 6.10 Å². The van der Waals surface area contributed by atoms with Crippen LogP contribution >= 0.6 is 11.6 Å². The van der Waals surface area contributed by atoms with E-state index in [-0.39, 0.29) is 5.75 Å². The standard InChI is InChI=1S/C19H21ClN2O2/c20-15-6-1-4-13(10-15)18(24)12-21-9-3-5-14-11-22-19-16(14)7-2-8-17(19)23/h1-2,4,6-8,10-11,18,21-24H,3,5,9,12H2/t18-/m1/s1. The average molecular weight is 345 g/mol. The van der Waals surface area contributed by atoms with Gasteiger partial charge in [-0.15, -0.1) is 0 Å². The number of benzene rings is 2. The van der Waals surface area contributed by atoms with Crippen molar-refractivity contribution in [1.82, 2.24) is 10.3 Å². The van der Waals surface area contributed by atoms with Crippen LogP contribution in [-0.4, -0.2) is 28.3 Å². The van der Waals surface area contributed by atoms with Gasteiger partial charge in [0.25, 0.3) is 0 Å². The zero-order chi connectivity index (χ0) is 16.9. The van der Waals surface area contributed by atoms with Gasteiger partial charge in [0, 0.05) is 23.2 Å². The molecule has 4 N–H and O–H groups in total. The zero-order valence-electron chi connectivity index (χ0n) is 13.3. The number of nitrogens with one attached hydrogen (secondary N) is 2. The molecule has 0 fully saturated rings. The molecule has 0 spiro atoms. The first-order chi connectivity index (χ1) is 11.6. The molecule has 0 aliphatic heterocycles. The summed E-state index contributed by atoms with van der Waals surface area (Å²) >= 11 is 5.94. The lowest BCUT2D eigenvalue weighted by molar-refractivity contribution is 0.175. The fraction of sp³-hybridized carbons (Fsp3) is 0.263. The summed E-state index contributed by atoms with van der Waals surface area (Å²) in [6, 6.07) is 12.8. The average Bonchev–Trinajstić information content (AvgIpc) is 2.99. The van der Waals surface area contributed by atoms with Crippen LogP contribution in [0.5, 0.6) is 5.75 Å². The Morgan fingerprint density at radius 3 is 2.83 bits per heavy atom. The van der Waals surface area contributed by atoms with Gasteiger partial charge in [-0.2, -0.15) is 0 Å². The molecule has 0 unspecified atom stereocenters. The van der Waals surface area contributed by atoms with Crippen LogP contribution in [0.3, 0.4) is 0 Å². The second-order valence-electron chi connectivity index (χ2n) is 5.89. The molecule has 0 radical (unpaired) electrons. The number of aromatic amines is 1. The second kappa shape index (κ2) is 7.71. The molecule has 0 saturated heterocycles. The van der Waals surface area contributed by atoms with E-state index in [1.54, 1.807) is 18.2 Å². The summed E-state index contributed by atoms with van der Waals surface area (Å²) in [6.07, 6.45) is 3.24. The quantitative estimate of drug-likeness (QED) is 0.493. The number of aliphatic hydroxyl groups is 1. The van der Waals surface area contributed by atoms with Crippen molar-refractivity contribution in [1.29, 1.82) is 0 Å². The number of H-pyrrole nitrogens is 1. The zero-order valence-corrected chi connectivity index (χ0v) is 14.1. The van der Waals surface area contributed by atoms with Crippen molar-refractivity contribution < 1.29 is 10.2 Å². The van der Waals surface area contributed by atoms with Gasteiger partial charge < -0.3 is 20.5 Å². The minimum Gasteiger partial charge on any atom is -0.506 e. The van der Waals surface area contributed by atoms with Crippen LogP contribution in [0.25, 0.3) is 10.9 Å². The normalized spacial score (nSPS) is 12.6. The monoisotopic (exact) mass is 344 g/mol. The van der Waals surface area contributed by atoms with Gasteiger partial charge in [-0.3, -0.25) is 0 Å². The SMILES string of the molecule is Oc1cccc2c(CCCNC[C@@H](O)c3cccc(Cl)c3)c[nH]c12. The molecular formula is C19H21ClN2O2. The van der Waals surface area contributed by atoms with Gasteiger partial charge in [-0.1, -0.05) is 35.9 Å². The van der Waals surface area contributed by atoms with Crippen molar-refractivity contribution in [2.75, 3.05) is 13.1 Å². The van der Waals surface area contributed by atoms with Crippen LogP contribution in [0.4, 0.5) is 0 Å². The molecule has 3 rings (SSSR count). The maximum atomic E-state index is 10.1. The largest absolute Gasteiger partial charge is 0.506 e. The summed E-state index contributed by atoms with van der Waals surface area (Å²) in [7, 11) is 0. The van der Waals surface area contributed by atoms with Crippen LogP contribution in [0.2, 0.25) is 5.02 Å². The number of fused-ring (bicyclic) bond motifs is 1. The van der Waals surface area contributed by atoms with E-state index in [0.29, 0.717) is 11.6 Å². The van der Waals surface area contributed by atoms with Crippen LogP contribution in [0.15, 0.2) is 48.7 Å². The number of aromatic nitrogens is 1. The Balaban J connectivity index is 1.46. The van der Waals surface area contributed by atoms with Crippen molar-refractivity contribution >= 4 is 22.5 Å². The second-order valence-corrected chi connectivity index (χ2v) is 6.33. The number of hydrogen-bond donors (Lipinski definition) is 4. The van der Waals surface area contributed by atoms with Gasteiger partial charge in [-0.05, 0) is 48.7 Å². The Morgan fingerprint density at radius 1 is 1.17 bits per heavy atom. The number of aromatic hydroxyl groups is 1. The number of aryl methyl sites for hydroxylation is 1. The fourth-order valence-corrected chi connectivity index (χ4v) is 3.08. The first kappa shape index (κ1) is 16.8. The van der Waals surface area contributed by atoms with Gasteiger partial charge in [0.05, 0.1) is 11.6 Å². The Hall–Kier alpha value is -2.01. The number of halogens is 1. The molecule has 4 nitrogen and oxygen atoms in total.